The molecule has 6 heteroatoms. The molecule has 3 rings (SSSR count). The van der Waals surface area contributed by atoms with E-state index in [1.807, 2.05) is 35.2 Å². The third-order valence-electron chi connectivity index (χ3n) is 4.92. The Kier molecular flexibility index (Phi) is 6.04. The Morgan fingerprint density at radius 2 is 2.00 bits per heavy atom. The second kappa shape index (κ2) is 8.45. The summed E-state index contributed by atoms with van der Waals surface area (Å²) in [5, 5.41) is 3.08. The number of rotatable bonds is 7. The zero-order chi connectivity index (χ0) is 17.6. The van der Waals surface area contributed by atoms with Gasteiger partial charge in [0.1, 0.15) is 0 Å². The van der Waals surface area contributed by atoms with E-state index in [4.69, 9.17) is 0 Å². The lowest BCUT2D eigenvalue weighted by Gasteiger charge is -2.33. The van der Waals surface area contributed by atoms with Crippen LogP contribution in [0, 0.1) is 5.92 Å². The fraction of sp³-hybridized carbons (Fsp3) is 0.579. The first-order valence-corrected chi connectivity index (χ1v) is 9.19. The van der Waals surface area contributed by atoms with Crippen LogP contribution in [0.3, 0.4) is 0 Å². The van der Waals surface area contributed by atoms with E-state index >= 15 is 0 Å². The van der Waals surface area contributed by atoms with Gasteiger partial charge in [-0.15, -0.1) is 0 Å². The van der Waals surface area contributed by atoms with Crippen LogP contribution in [0.1, 0.15) is 13.3 Å². The second-order valence-electron chi connectivity index (χ2n) is 7.19. The number of nitrogens with one attached hydrogen (secondary N) is 1. The largest absolute Gasteiger partial charge is 0.356 e. The number of para-hydroxylation sites is 2. The Bertz CT molecular complexity index is 690. The maximum Gasteiger partial charge on any atom is 0.221 e. The molecular weight excluding hydrogens is 314 g/mol. The van der Waals surface area contributed by atoms with E-state index < -0.39 is 0 Å². The molecule has 1 saturated heterocycles. The highest BCUT2D eigenvalue weighted by Gasteiger charge is 2.16. The number of nitrogens with zero attached hydrogens (tertiary/aromatic N) is 4. The van der Waals surface area contributed by atoms with Gasteiger partial charge in [0.2, 0.25) is 5.91 Å². The SMILES string of the molecule is CC(CNC(=O)CCn1cnc2ccccc21)CN1CCN(C)CC1. The van der Waals surface area contributed by atoms with Crippen molar-refractivity contribution in [2.24, 2.45) is 5.92 Å². The van der Waals surface area contributed by atoms with Crippen LogP contribution in [0.2, 0.25) is 0 Å². The zero-order valence-electron chi connectivity index (χ0n) is 15.3. The smallest absolute Gasteiger partial charge is 0.221 e. The van der Waals surface area contributed by atoms with Crippen LogP contribution in [-0.4, -0.2) is 71.6 Å². The summed E-state index contributed by atoms with van der Waals surface area (Å²) in [6.07, 6.45) is 2.30. The normalized spacial score (nSPS) is 17.7. The molecule has 1 aromatic carbocycles. The highest BCUT2D eigenvalue weighted by atomic mass is 16.1. The van der Waals surface area contributed by atoms with Crippen LogP contribution in [0.5, 0.6) is 0 Å². The molecule has 1 amide bonds. The Hall–Kier alpha value is -1.92. The summed E-state index contributed by atoms with van der Waals surface area (Å²) < 4.78 is 2.04. The highest BCUT2D eigenvalue weighted by molar-refractivity contribution is 5.77. The van der Waals surface area contributed by atoms with Gasteiger partial charge in [0.25, 0.3) is 0 Å². The van der Waals surface area contributed by atoms with Crippen LogP contribution < -0.4 is 5.32 Å². The molecule has 2 heterocycles. The third kappa shape index (κ3) is 5.03. The number of aryl methyl sites for hydroxylation is 1. The minimum atomic E-state index is 0.114. The standard InChI is InChI=1S/C19H29N5O/c1-16(14-23-11-9-22(2)10-12-23)13-20-19(25)7-8-24-15-21-17-5-3-4-6-18(17)24/h3-6,15-16H,7-14H2,1-2H3,(H,20,25). The summed E-state index contributed by atoms with van der Waals surface area (Å²) in [5.74, 6) is 0.587. The average molecular weight is 343 g/mol. The van der Waals surface area contributed by atoms with Crippen molar-refractivity contribution >= 4 is 16.9 Å². The van der Waals surface area contributed by atoms with Gasteiger partial charge in [0.15, 0.2) is 0 Å². The predicted molar refractivity (Wildman–Crippen MR) is 100 cm³/mol. The molecule has 1 atom stereocenters. The van der Waals surface area contributed by atoms with Crippen LogP contribution in [-0.2, 0) is 11.3 Å². The van der Waals surface area contributed by atoms with Crippen molar-refractivity contribution in [3.8, 4) is 0 Å². The molecule has 0 radical (unpaired) electrons. The second-order valence-corrected chi connectivity index (χ2v) is 7.19. The molecule has 1 unspecified atom stereocenters. The van der Waals surface area contributed by atoms with Gasteiger partial charge in [-0.3, -0.25) is 4.79 Å². The van der Waals surface area contributed by atoms with E-state index in [9.17, 15) is 4.79 Å². The average Bonchev–Trinajstić information content (AvgIpc) is 3.03. The predicted octanol–water partition coefficient (Wildman–Crippen LogP) is 1.43. The van der Waals surface area contributed by atoms with Gasteiger partial charge in [-0.05, 0) is 25.1 Å². The minimum absolute atomic E-state index is 0.114. The number of likely N-dealkylation sites (N-methyl/N-ethyl adjacent to an activating group) is 1. The van der Waals surface area contributed by atoms with Gasteiger partial charge in [-0.2, -0.15) is 0 Å². The number of hydrogen-bond acceptors (Lipinski definition) is 4. The first-order chi connectivity index (χ1) is 12.1. The molecule has 6 nitrogen and oxygen atoms in total. The van der Waals surface area contributed by atoms with Crippen molar-refractivity contribution in [1.29, 1.82) is 0 Å². The lowest BCUT2D eigenvalue weighted by atomic mass is 10.1. The van der Waals surface area contributed by atoms with Crippen molar-refractivity contribution in [3.05, 3.63) is 30.6 Å². The number of aromatic nitrogens is 2. The van der Waals surface area contributed by atoms with E-state index in [1.54, 1.807) is 0 Å². The maximum atomic E-state index is 12.1. The van der Waals surface area contributed by atoms with E-state index in [0.717, 1.165) is 50.3 Å². The van der Waals surface area contributed by atoms with Gasteiger partial charge in [0, 0.05) is 52.2 Å². The molecule has 1 aliphatic rings. The fourth-order valence-corrected chi connectivity index (χ4v) is 3.32. The van der Waals surface area contributed by atoms with Crippen molar-refractivity contribution in [1.82, 2.24) is 24.7 Å². The lowest BCUT2D eigenvalue weighted by molar-refractivity contribution is -0.121. The molecule has 136 valence electrons. The van der Waals surface area contributed by atoms with Crippen molar-refractivity contribution in [3.63, 3.8) is 0 Å². The summed E-state index contributed by atoms with van der Waals surface area (Å²) in [4.78, 5) is 21.4. The van der Waals surface area contributed by atoms with Gasteiger partial charge in [0.05, 0.1) is 17.4 Å². The summed E-state index contributed by atoms with van der Waals surface area (Å²) >= 11 is 0. The molecule has 1 N–H and O–H groups in total. The minimum Gasteiger partial charge on any atom is -0.356 e. The molecule has 0 spiro atoms. The number of fused-ring (bicyclic) bond motifs is 1. The number of piperazine rings is 1. The van der Waals surface area contributed by atoms with Crippen LogP contribution in [0.15, 0.2) is 30.6 Å². The van der Waals surface area contributed by atoms with Crippen molar-refractivity contribution < 1.29 is 4.79 Å². The monoisotopic (exact) mass is 343 g/mol. The van der Waals surface area contributed by atoms with Crippen molar-refractivity contribution in [2.45, 2.75) is 19.9 Å². The quantitative estimate of drug-likeness (QED) is 0.826. The lowest BCUT2D eigenvalue weighted by Crippen LogP contribution is -2.46. The maximum absolute atomic E-state index is 12.1. The summed E-state index contributed by atoms with van der Waals surface area (Å²) in [7, 11) is 2.17. The molecular formula is C19H29N5O. The first-order valence-electron chi connectivity index (χ1n) is 9.19. The number of imidazole rings is 1. The third-order valence-corrected chi connectivity index (χ3v) is 4.92. The number of benzene rings is 1. The van der Waals surface area contributed by atoms with Crippen LogP contribution in [0.4, 0.5) is 0 Å². The molecule has 1 aliphatic heterocycles. The molecule has 25 heavy (non-hydrogen) atoms. The molecule has 0 bridgehead atoms. The summed E-state index contributed by atoms with van der Waals surface area (Å²) in [6, 6.07) is 8.01. The van der Waals surface area contributed by atoms with E-state index in [-0.39, 0.29) is 5.91 Å². The molecule has 2 aromatic rings. The number of hydrogen-bond donors (Lipinski definition) is 1. The van der Waals surface area contributed by atoms with Gasteiger partial charge in [-0.1, -0.05) is 19.1 Å². The number of amides is 1. The zero-order valence-corrected chi connectivity index (χ0v) is 15.3. The summed E-state index contributed by atoms with van der Waals surface area (Å²) in [5.41, 5.74) is 2.06. The Morgan fingerprint density at radius 3 is 2.80 bits per heavy atom. The van der Waals surface area contributed by atoms with Gasteiger partial charge < -0.3 is 19.7 Å². The van der Waals surface area contributed by atoms with Crippen LogP contribution >= 0.6 is 0 Å². The molecule has 1 aromatic heterocycles. The Labute approximate surface area is 149 Å². The fourth-order valence-electron chi connectivity index (χ4n) is 3.32. The van der Waals surface area contributed by atoms with E-state index in [0.29, 0.717) is 18.9 Å². The number of carbonyl (C=O) groups excluding carboxylic acids is 1. The Balaban J connectivity index is 1.38. The van der Waals surface area contributed by atoms with E-state index in [1.165, 1.54) is 0 Å². The topological polar surface area (TPSA) is 53.4 Å². The van der Waals surface area contributed by atoms with E-state index in [2.05, 4.69) is 34.1 Å². The first kappa shape index (κ1) is 17.9. The van der Waals surface area contributed by atoms with Gasteiger partial charge >= 0.3 is 0 Å². The number of carbonyl (C=O) groups is 1. The molecule has 1 fully saturated rings. The van der Waals surface area contributed by atoms with Gasteiger partial charge in [-0.25, -0.2) is 4.98 Å². The summed E-state index contributed by atoms with van der Waals surface area (Å²) in [6.45, 7) is 9.21. The highest BCUT2D eigenvalue weighted by Crippen LogP contribution is 2.12. The Morgan fingerprint density at radius 1 is 1.24 bits per heavy atom. The van der Waals surface area contributed by atoms with Crippen molar-refractivity contribution in [2.75, 3.05) is 46.3 Å². The molecule has 0 saturated carbocycles. The van der Waals surface area contributed by atoms with Crippen LogP contribution in [0.25, 0.3) is 11.0 Å². The molecule has 0 aliphatic carbocycles.